The lowest BCUT2D eigenvalue weighted by Gasteiger charge is -2.48. The van der Waals surface area contributed by atoms with Gasteiger partial charge in [-0.2, -0.15) is 0 Å². The molecule has 0 radical (unpaired) electrons. The summed E-state index contributed by atoms with van der Waals surface area (Å²) in [6, 6.07) is 10.5. The van der Waals surface area contributed by atoms with E-state index in [1.165, 1.54) is 62.7 Å². The maximum Gasteiger partial charge on any atom is 0.0373 e. The lowest BCUT2D eigenvalue weighted by atomic mass is 9.77. The van der Waals surface area contributed by atoms with Crippen molar-refractivity contribution in [3.05, 3.63) is 29.8 Å². The van der Waals surface area contributed by atoms with Gasteiger partial charge in [-0.25, -0.2) is 0 Å². The SMILES string of the molecule is c1ccc2c(c1)CC(N1CCCC3CCCCC31)CN2. The Morgan fingerprint density at radius 3 is 2.85 bits per heavy atom. The second kappa shape index (κ2) is 5.40. The summed E-state index contributed by atoms with van der Waals surface area (Å²) in [5, 5.41) is 3.66. The fourth-order valence-corrected chi connectivity index (χ4v) is 4.78. The zero-order valence-corrected chi connectivity index (χ0v) is 12.4. The number of piperidine rings is 1. The molecule has 2 heteroatoms. The van der Waals surface area contributed by atoms with E-state index in [1.54, 1.807) is 0 Å². The van der Waals surface area contributed by atoms with Crippen molar-refractivity contribution in [1.82, 2.24) is 4.90 Å². The molecule has 0 spiro atoms. The van der Waals surface area contributed by atoms with Gasteiger partial charge in [0, 0.05) is 24.3 Å². The van der Waals surface area contributed by atoms with Crippen LogP contribution in [0.1, 0.15) is 44.1 Å². The molecule has 1 saturated carbocycles. The number of likely N-dealkylation sites (tertiary alicyclic amines) is 1. The van der Waals surface area contributed by atoms with Crippen LogP contribution in [0.15, 0.2) is 24.3 Å². The molecular weight excluding hydrogens is 244 g/mol. The van der Waals surface area contributed by atoms with Crippen LogP contribution in [-0.2, 0) is 6.42 Å². The van der Waals surface area contributed by atoms with Crippen LogP contribution in [0.5, 0.6) is 0 Å². The maximum absolute atomic E-state index is 3.66. The summed E-state index contributed by atoms with van der Waals surface area (Å²) in [5.41, 5.74) is 2.88. The standard InChI is InChI=1S/C18H26N2/c1-3-9-17-15(7-1)12-16(13-19-17)20-11-5-8-14-6-2-4-10-18(14)20/h1,3,7,9,14,16,18-19H,2,4-6,8,10-13H2. The van der Waals surface area contributed by atoms with Gasteiger partial charge < -0.3 is 5.32 Å². The largest absolute Gasteiger partial charge is 0.383 e. The van der Waals surface area contributed by atoms with Gasteiger partial charge in [-0.1, -0.05) is 31.0 Å². The molecule has 1 N–H and O–H groups in total. The molecule has 2 fully saturated rings. The van der Waals surface area contributed by atoms with E-state index in [0.717, 1.165) is 24.5 Å². The average Bonchev–Trinajstić information content (AvgIpc) is 2.54. The minimum absolute atomic E-state index is 0.718. The summed E-state index contributed by atoms with van der Waals surface area (Å²) in [4.78, 5) is 2.87. The molecule has 20 heavy (non-hydrogen) atoms. The van der Waals surface area contributed by atoms with E-state index in [0.29, 0.717) is 0 Å². The number of hydrogen-bond acceptors (Lipinski definition) is 2. The van der Waals surface area contributed by atoms with Gasteiger partial charge in [-0.15, -0.1) is 0 Å². The lowest BCUT2D eigenvalue weighted by Crippen LogP contribution is -2.55. The van der Waals surface area contributed by atoms with Gasteiger partial charge in [-0.05, 0) is 56.2 Å². The molecule has 1 saturated heterocycles. The Balaban J connectivity index is 1.53. The first-order chi connectivity index (χ1) is 9.92. The molecule has 108 valence electrons. The quantitative estimate of drug-likeness (QED) is 0.837. The summed E-state index contributed by atoms with van der Waals surface area (Å²) in [5.74, 6) is 0.995. The van der Waals surface area contributed by atoms with Gasteiger partial charge in [0.25, 0.3) is 0 Å². The molecule has 1 aromatic carbocycles. The van der Waals surface area contributed by atoms with Crippen LogP contribution in [0.25, 0.3) is 0 Å². The van der Waals surface area contributed by atoms with Gasteiger partial charge in [0.05, 0.1) is 0 Å². The number of hydrogen-bond donors (Lipinski definition) is 1. The third-order valence-electron chi connectivity index (χ3n) is 5.76. The number of benzene rings is 1. The van der Waals surface area contributed by atoms with E-state index in [4.69, 9.17) is 0 Å². The molecular formula is C18H26N2. The molecule has 3 unspecified atom stereocenters. The van der Waals surface area contributed by atoms with Crippen molar-refractivity contribution in [2.24, 2.45) is 5.92 Å². The molecule has 0 amide bonds. The lowest BCUT2D eigenvalue weighted by molar-refractivity contribution is 0.0288. The highest BCUT2D eigenvalue weighted by Gasteiger charge is 2.37. The van der Waals surface area contributed by atoms with Crippen LogP contribution in [0.2, 0.25) is 0 Å². The summed E-state index contributed by atoms with van der Waals surface area (Å²) in [6.45, 7) is 2.47. The van der Waals surface area contributed by atoms with E-state index < -0.39 is 0 Å². The minimum atomic E-state index is 0.718. The van der Waals surface area contributed by atoms with Crippen molar-refractivity contribution in [3.63, 3.8) is 0 Å². The molecule has 0 aromatic heterocycles. The normalized spacial score (nSPS) is 33.9. The predicted octanol–water partition coefficient (Wildman–Crippen LogP) is 3.68. The predicted molar refractivity (Wildman–Crippen MR) is 84.1 cm³/mol. The van der Waals surface area contributed by atoms with Crippen molar-refractivity contribution >= 4 is 5.69 Å². The number of anilines is 1. The van der Waals surface area contributed by atoms with Gasteiger partial charge in [0.2, 0.25) is 0 Å². The Morgan fingerprint density at radius 1 is 1.00 bits per heavy atom. The van der Waals surface area contributed by atoms with Crippen molar-refractivity contribution < 1.29 is 0 Å². The fourth-order valence-electron chi connectivity index (χ4n) is 4.78. The molecule has 3 atom stereocenters. The fraction of sp³-hybridized carbons (Fsp3) is 0.667. The maximum atomic E-state index is 3.66. The smallest absolute Gasteiger partial charge is 0.0373 e. The number of nitrogens with one attached hydrogen (secondary N) is 1. The Labute approximate surface area is 122 Å². The van der Waals surface area contributed by atoms with Crippen LogP contribution in [0, 0.1) is 5.92 Å². The molecule has 2 heterocycles. The van der Waals surface area contributed by atoms with E-state index in [9.17, 15) is 0 Å². The van der Waals surface area contributed by atoms with Crippen LogP contribution in [0.3, 0.4) is 0 Å². The Bertz CT molecular complexity index is 468. The monoisotopic (exact) mass is 270 g/mol. The Kier molecular flexibility index (Phi) is 3.43. The highest BCUT2D eigenvalue weighted by Crippen LogP contribution is 2.37. The summed E-state index contributed by atoms with van der Waals surface area (Å²) >= 11 is 0. The molecule has 1 aromatic rings. The summed E-state index contributed by atoms with van der Waals surface area (Å²) in [7, 11) is 0. The Hall–Kier alpha value is -1.02. The van der Waals surface area contributed by atoms with E-state index >= 15 is 0 Å². The number of nitrogens with zero attached hydrogens (tertiary/aromatic N) is 1. The number of para-hydroxylation sites is 1. The second-order valence-electron chi connectivity index (χ2n) is 6.89. The first kappa shape index (κ1) is 12.7. The Morgan fingerprint density at radius 2 is 1.85 bits per heavy atom. The van der Waals surface area contributed by atoms with Crippen molar-refractivity contribution in [3.8, 4) is 0 Å². The molecule has 1 aliphatic carbocycles. The second-order valence-corrected chi connectivity index (χ2v) is 6.89. The van der Waals surface area contributed by atoms with Gasteiger partial charge in [-0.3, -0.25) is 4.90 Å². The van der Waals surface area contributed by atoms with Crippen LogP contribution >= 0.6 is 0 Å². The molecule has 4 rings (SSSR count). The summed E-state index contributed by atoms with van der Waals surface area (Å²) in [6.07, 6.45) is 10.00. The molecule has 2 nitrogen and oxygen atoms in total. The topological polar surface area (TPSA) is 15.3 Å². The van der Waals surface area contributed by atoms with Gasteiger partial charge in [0.1, 0.15) is 0 Å². The van der Waals surface area contributed by atoms with E-state index in [2.05, 4.69) is 34.5 Å². The van der Waals surface area contributed by atoms with Crippen molar-refractivity contribution in [1.29, 1.82) is 0 Å². The van der Waals surface area contributed by atoms with Crippen LogP contribution in [-0.4, -0.2) is 30.1 Å². The number of fused-ring (bicyclic) bond motifs is 2. The number of rotatable bonds is 1. The summed E-state index contributed by atoms with van der Waals surface area (Å²) < 4.78 is 0. The zero-order valence-electron chi connectivity index (χ0n) is 12.4. The van der Waals surface area contributed by atoms with Crippen molar-refractivity contribution in [2.45, 2.75) is 57.0 Å². The van der Waals surface area contributed by atoms with Crippen molar-refractivity contribution in [2.75, 3.05) is 18.4 Å². The highest BCUT2D eigenvalue weighted by atomic mass is 15.2. The molecule has 0 bridgehead atoms. The van der Waals surface area contributed by atoms with Gasteiger partial charge in [0.15, 0.2) is 0 Å². The highest BCUT2D eigenvalue weighted by molar-refractivity contribution is 5.53. The zero-order chi connectivity index (χ0) is 13.4. The minimum Gasteiger partial charge on any atom is -0.383 e. The average molecular weight is 270 g/mol. The van der Waals surface area contributed by atoms with E-state index in [-0.39, 0.29) is 0 Å². The third kappa shape index (κ3) is 2.24. The first-order valence-corrected chi connectivity index (χ1v) is 8.49. The third-order valence-corrected chi connectivity index (χ3v) is 5.76. The molecule has 2 aliphatic heterocycles. The molecule has 3 aliphatic rings. The van der Waals surface area contributed by atoms with E-state index in [1.807, 2.05) is 0 Å². The van der Waals surface area contributed by atoms with Gasteiger partial charge >= 0.3 is 0 Å². The first-order valence-electron chi connectivity index (χ1n) is 8.49. The van der Waals surface area contributed by atoms with Crippen LogP contribution < -0.4 is 5.32 Å². The van der Waals surface area contributed by atoms with Crippen LogP contribution in [0.4, 0.5) is 5.69 Å².